The molecule has 3 heteroatoms. The van der Waals surface area contributed by atoms with E-state index in [0.717, 1.165) is 0 Å². The van der Waals surface area contributed by atoms with Crippen molar-refractivity contribution in [1.29, 1.82) is 0 Å². The highest BCUT2D eigenvalue weighted by atomic mass is 33.1. The molecule has 0 spiro atoms. The van der Waals surface area contributed by atoms with Crippen LogP contribution in [0.5, 0.6) is 0 Å². The zero-order chi connectivity index (χ0) is 7.91. The van der Waals surface area contributed by atoms with Crippen molar-refractivity contribution in [3.63, 3.8) is 0 Å². The van der Waals surface area contributed by atoms with Crippen molar-refractivity contribution >= 4 is 21.6 Å². The molecule has 0 bridgehead atoms. The summed E-state index contributed by atoms with van der Waals surface area (Å²) >= 11 is 0. The molecule has 0 atom stereocenters. The highest BCUT2D eigenvalue weighted by molar-refractivity contribution is 8.76. The molecule has 0 aliphatic heterocycles. The lowest BCUT2D eigenvalue weighted by atomic mass is 10.2. The minimum Gasteiger partial charge on any atom is -0.391 e. The van der Waals surface area contributed by atoms with E-state index in [1.165, 1.54) is 0 Å². The van der Waals surface area contributed by atoms with E-state index in [9.17, 15) is 0 Å². The molecule has 0 radical (unpaired) electrons. The molecule has 0 unspecified atom stereocenters. The third-order valence-corrected chi connectivity index (χ3v) is 1.50. The molecule has 1 nitrogen and oxygen atoms in total. The van der Waals surface area contributed by atoms with E-state index in [4.69, 9.17) is 5.11 Å². The first kappa shape index (κ1) is 12.3. The van der Waals surface area contributed by atoms with Crippen molar-refractivity contribution in [3.05, 3.63) is 0 Å². The summed E-state index contributed by atoms with van der Waals surface area (Å²) in [6, 6.07) is 0. The Hall–Kier alpha value is 0.660. The van der Waals surface area contributed by atoms with Gasteiger partial charge in [-0.2, -0.15) is 0 Å². The van der Waals surface area contributed by atoms with Crippen LogP contribution in [0.4, 0.5) is 0 Å². The third-order valence-electron chi connectivity index (χ3n) is 0.167. The van der Waals surface area contributed by atoms with E-state index in [1.807, 2.05) is 0 Å². The maximum atomic E-state index is 8.52. The summed E-state index contributed by atoms with van der Waals surface area (Å²) in [6.07, 6.45) is 4.12. The van der Waals surface area contributed by atoms with E-state index in [1.54, 1.807) is 42.4 Å². The van der Waals surface area contributed by atoms with Crippen LogP contribution in [0.3, 0.4) is 0 Å². The van der Waals surface area contributed by atoms with Crippen molar-refractivity contribution in [2.24, 2.45) is 0 Å². The van der Waals surface area contributed by atoms with Gasteiger partial charge in [-0.05, 0) is 33.3 Å². The SMILES string of the molecule is CC(C)(C)O.CSSC. The molecule has 0 amide bonds. The summed E-state index contributed by atoms with van der Waals surface area (Å²) in [5.74, 6) is 0. The third kappa shape index (κ3) is 139. The fraction of sp³-hybridized carbons (Fsp3) is 1.00. The summed E-state index contributed by atoms with van der Waals surface area (Å²) in [4.78, 5) is 0. The number of hydrogen-bond acceptors (Lipinski definition) is 3. The molecule has 0 aromatic rings. The molecule has 58 valence electrons. The standard InChI is InChI=1S/C4H10O.C2H6S2/c1-4(2,3)5;1-3-4-2/h5H,1-3H3;1-2H3. The van der Waals surface area contributed by atoms with E-state index in [0.29, 0.717) is 0 Å². The number of rotatable bonds is 1. The van der Waals surface area contributed by atoms with Gasteiger partial charge in [0, 0.05) is 0 Å². The maximum absolute atomic E-state index is 8.52. The van der Waals surface area contributed by atoms with Gasteiger partial charge >= 0.3 is 0 Å². The second-order valence-corrected chi connectivity index (χ2v) is 5.17. The van der Waals surface area contributed by atoms with Gasteiger partial charge in [-0.15, -0.1) is 0 Å². The average Bonchev–Trinajstić information content (AvgIpc) is 1.61. The molecule has 0 saturated heterocycles. The first-order valence-corrected chi connectivity index (χ1v) is 5.67. The first-order valence-electron chi connectivity index (χ1n) is 2.71. The van der Waals surface area contributed by atoms with Gasteiger partial charge in [-0.3, -0.25) is 0 Å². The average molecular weight is 168 g/mol. The molecular weight excluding hydrogens is 152 g/mol. The van der Waals surface area contributed by atoms with Crippen LogP contribution in [-0.4, -0.2) is 23.2 Å². The molecule has 0 heterocycles. The quantitative estimate of drug-likeness (QED) is 0.607. The lowest BCUT2D eigenvalue weighted by Gasteiger charge is -2.04. The van der Waals surface area contributed by atoms with Crippen molar-refractivity contribution in [2.75, 3.05) is 12.5 Å². The zero-order valence-electron chi connectivity index (χ0n) is 6.76. The van der Waals surface area contributed by atoms with E-state index in [2.05, 4.69) is 12.5 Å². The van der Waals surface area contributed by atoms with Gasteiger partial charge < -0.3 is 5.11 Å². The molecule has 0 aromatic heterocycles. The smallest absolute Gasteiger partial charge is 0.0563 e. The Morgan fingerprint density at radius 1 is 1.00 bits per heavy atom. The highest BCUT2D eigenvalue weighted by Gasteiger charge is 1.97. The van der Waals surface area contributed by atoms with Crippen LogP contribution in [0.15, 0.2) is 0 Å². The van der Waals surface area contributed by atoms with Gasteiger partial charge in [-0.25, -0.2) is 0 Å². The molecule has 0 aliphatic carbocycles. The predicted molar refractivity (Wildman–Crippen MR) is 49.0 cm³/mol. The Morgan fingerprint density at radius 2 is 1.11 bits per heavy atom. The van der Waals surface area contributed by atoms with Crippen molar-refractivity contribution in [1.82, 2.24) is 0 Å². The van der Waals surface area contributed by atoms with Crippen LogP contribution in [-0.2, 0) is 0 Å². The molecule has 1 N–H and O–H groups in total. The van der Waals surface area contributed by atoms with Crippen molar-refractivity contribution in [2.45, 2.75) is 26.4 Å². The van der Waals surface area contributed by atoms with Gasteiger partial charge in [0.2, 0.25) is 0 Å². The normalized spacial score (nSPS) is 10.0. The zero-order valence-corrected chi connectivity index (χ0v) is 8.40. The van der Waals surface area contributed by atoms with Crippen LogP contribution in [0, 0.1) is 0 Å². The molecule has 0 aliphatic rings. The van der Waals surface area contributed by atoms with E-state index >= 15 is 0 Å². The fourth-order valence-electron chi connectivity index (χ4n) is 0. The van der Waals surface area contributed by atoms with Crippen molar-refractivity contribution < 1.29 is 5.11 Å². The summed E-state index contributed by atoms with van der Waals surface area (Å²) in [5.41, 5.74) is -0.500. The molecular formula is C6H16OS2. The Labute approximate surface area is 66.0 Å². The summed E-state index contributed by atoms with van der Waals surface area (Å²) in [6.45, 7) is 5.23. The number of hydrogen-bond donors (Lipinski definition) is 1. The lowest BCUT2D eigenvalue weighted by Crippen LogP contribution is -2.10. The second kappa shape index (κ2) is 6.78. The number of aliphatic hydroxyl groups is 1. The topological polar surface area (TPSA) is 20.2 Å². The van der Waals surface area contributed by atoms with Crippen LogP contribution in [0.25, 0.3) is 0 Å². The van der Waals surface area contributed by atoms with Crippen molar-refractivity contribution in [3.8, 4) is 0 Å². The Morgan fingerprint density at radius 3 is 1.11 bits per heavy atom. The summed E-state index contributed by atoms with van der Waals surface area (Å²) in [5, 5.41) is 8.52. The summed E-state index contributed by atoms with van der Waals surface area (Å²) in [7, 11) is 3.55. The van der Waals surface area contributed by atoms with Gasteiger partial charge in [0.05, 0.1) is 5.60 Å². The predicted octanol–water partition coefficient (Wildman–Crippen LogP) is 2.40. The Bertz CT molecular complexity index is 41.5. The Balaban J connectivity index is 0. The monoisotopic (exact) mass is 168 g/mol. The van der Waals surface area contributed by atoms with Gasteiger partial charge in [0.25, 0.3) is 0 Å². The van der Waals surface area contributed by atoms with Crippen LogP contribution < -0.4 is 0 Å². The molecule has 0 rings (SSSR count). The Kier molecular flexibility index (Phi) is 9.30. The van der Waals surface area contributed by atoms with Gasteiger partial charge in [0.1, 0.15) is 0 Å². The maximum Gasteiger partial charge on any atom is 0.0563 e. The van der Waals surface area contributed by atoms with Gasteiger partial charge in [-0.1, -0.05) is 21.6 Å². The minimum atomic E-state index is -0.500. The van der Waals surface area contributed by atoms with Crippen LogP contribution in [0.1, 0.15) is 20.8 Å². The lowest BCUT2D eigenvalue weighted by molar-refractivity contribution is 0.102. The summed E-state index contributed by atoms with van der Waals surface area (Å²) < 4.78 is 0. The second-order valence-electron chi connectivity index (χ2n) is 2.50. The first-order chi connectivity index (χ1) is 3.91. The van der Waals surface area contributed by atoms with E-state index < -0.39 is 5.60 Å². The van der Waals surface area contributed by atoms with Crippen LogP contribution in [0.2, 0.25) is 0 Å². The molecule has 0 aromatic carbocycles. The van der Waals surface area contributed by atoms with Gasteiger partial charge in [0.15, 0.2) is 0 Å². The fourth-order valence-corrected chi connectivity index (χ4v) is 0. The molecule has 9 heavy (non-hydrogen) atoms. The molecule has 0 fully saturated rings. The largest absolute Gasteiger partial charge is 0.391 e. The highest BCUT2D eigenvalue weighted by Crippen LogP contribution is 2.09. The van der Waals surface area contributed by atoms with E-state index in [-0.39, 0.29) is 0 Å². The molecule has 0 saturated carbocycles. The van der Waals surface area contributed by atoms with Crippen LogP contribution >= 0.6 is 21.6 Å². The minimum absolute atomic E-state index is 0.500.